The van der Waals surface area contributed by atoms with E-state index in [0.717, 1.165) is 0 Å². The number of carbonyl (C=O) groups is 2. The van der Waals surface area contributed by atoms with Crippen LogP contribution < -0.4 is 0 Å². The molecule has 96 valence electrons. The molecule has 18 heavy (non-hydrogen) atoms. The highest BCUT2D eigenvalue weighted by Gasteiger charge is 2.43. The molecule has 0 spiro atoms. The fraction of sp³-hybridized carbons (Fsp3) is 0.385. The Kier molecular flexibility index (Phi) is 3.09. The summed E-state index contributed by atoms with van der Waals surface area (Å²) >= 11 is 0. The quantitative estimate of drug-likeness (QED) is 0.830. The maximum Gasteiger partial charge on any atom is 0.308 e. The molecule has 5 heteroatoms. The molecular formula is C13H15NO4. The molecule has 1 aliphatic rings. The van der Waals surface area contributed by atoms with Crippen LogP contribution in [0.15, 0.2) is 30.3 Å². The minimum absolute atomic E-state index is 0.0378. The Morgan fingerprint density at radius 1 is 1.39 bits per heavy atom. The molecule has 1 unspecified atom stereocenters. The molecule has 1 fully saturated rings. The molecule has 1 heterocycles. The standard InChI is InChI=1S/C13H15NO4/c1-13(18,10-5-3-2-4-6-10)14-8-9(12(16)17)7-11(14)15/h2-6,9,18H,7-8H2,1H3,(H,16,17)/t9?,13-/m0/s1. The number of hydrogen-bond acceptors (Lipinski definition) is 3. The molecule has 0 saturated carbocycles. The lowest BCUT2D eigenvalue weighted by atomic mass is 10.0. The fourth-order valence-corrected chi connectivity index (χ4v) is 2.20. The van der Waals surface area contributed by atoms with Crippen molar-refractivity contribution < 1.29 is 19.8 Å². The minimum Gasteiger partial charge on any atom is -0.481 e. The number of aliphatic hydroxyl groups is 1. The third kappa shape index (κ3) is 2.09. The number of carboxylic acid groups (broad SMARTS) is 1. The van der Waals surface area contributed by atoms with Crippen LogP contribution >= 0.6 is 0 Å². The summed E-state index contributed by atoms with van der Waals surface area (Å²) in [6, 6.07) is 8.76. The van der Waals surface area contributed by atoms with Gasteiger partial charge in [-0.25, -0.2) is 0 Å². The average molecular weight is 249 g/mol. The summed E-state index contributed by atoms with van der Waals surface area (Å²) in [5.74, 6) is -2.08. The van der Waals surface area contributed by atoms with Crippen molar-refractivity contribution in [2.75, 3.05) is 6.54 Å². The van der Waals surface area contributed by atoms with Crippen LogP contribution in [0.3, 0.4) is 0 Å². The van der Waals surface area contributed by atoms with Gasteiger partial charge in [0, 0.05) is 18.5 Å². The van der Waals surface area contributed by atoms with Gasteiger partial charge in [-0.05, 0) is 6.92 Å². The molecule has 2 rings (SSSR count). The van der Waals surface area contributed by atoms with E-state index in [1.807, 2.05) is 6.07 Å². The third-order valence-electron chi connectivity index (χ3n) is 3.32. The van der Waals surface area contributed by atoms with E-state index in [1.165, 1.54) is 11.8 Å². The molecule has 2 atom stereocenters. The van der Waals surface area contributed by atoms with E-state index >= 15 is 0 Å². The van der Waals surface area contributed by atoms with Crippen molar-refractivity contribution in [1.82, 2.24) is 4.90 Å². The number of carboxylic acids is 1. The van der Waals surface area contributed by atoms with Crippen LogP contribution in [0.4, 0.5) is 0 Å². The Labute approximate surface area is 105 Å². The van der Waals surface area contributed by atoms with Crippen LogP contribution in [0.5, 0.6) is 0 Å². The average Bonchev–Trinajstić information content (AvgIpc) is 2.73. The van der Waals surface area contributed by atoms with Gasteiger partial charge in [-0.1, -0.05) is 30.3 Å². The SMILES string of the molecule is C[C@](O)(c1ccccc1)N1CC(C(=O)O)CC1=O. The van der Waals surface area contributed by atoms with Gasteiger partial charge in [0.2, 0.25) is 5.91 Å². The van der Waals surface area contributed by atoms with Crippen molar-refractivity contribution in [2.24, 2.45) is 5.92 Å². The maximum absolute atomic E-state index is 11.8. The first-order chi connectivity index (χ1) is 8.43. The van der Waals surface area contributed by atoms with Gasteiger partial charge >= 0.3 is 5.97 Å². The molecule has 1 aromatic rings. The molecule has 1 aliphatic heterocycles. The van der Waals surface area contributed by atoms with Gasteiger partial charge in [-0.15, -0.1) is 0 Å². The van der Waals surface area contributed by atoms with Crippen molar-refractivity contribution in [2.45, 2.75) is 19.1 Å². The summed E-state index contributed by atoms with van der Waals surface area (Å²) in [5, 5.41) is 19.4. The highest BCUT2D eigenvalue weighted by molar-refractivity contribution is 5.86. The zero-order chi connectivity index (χ0) is 13.3. The number of nitrogens with zero attached hydrogens (tertiary/aromatic N) is 1. The van der Waals surface area contributed by atoms with E-state index in [4.69, 9.17) is 5.11 Å². The van der Waals surface area contributed by atoms with Gasteiger partial charge in [0.15, 0.2) is 5.72 Å². The van der Waals surface area contributed by atoms with Gasteiger partial charge in [-0.3, -0.25) is 9.59 Å². The van der Waals surface area contributed by atoms with Crippen LogP contribution in [-0.4, -0.2) is 33.5 Å². The Balaban J connectivity index is 2.26. The maximum atomic E-state index is 11.8. The summed E-state index contributed by atoms with van der Waals surface area (Å²) in [5.41, 5.74) is -0.896. The number of amides is 1. The van der Waals surface area contributed by atoms with Crippen molar-refractivity contribution in [3.63, 3.8) is 0 Å². The highest BCUT2D eigenvalue weighted by atomic mass is 16.4. The Morgan fingerprint density at radius 2 is 2.00 bits per heavy atom. The van der Waals surface area contributed by atoms with Crippen LogP contribution in [0.1, 0.15) is 18.9 Å². The molecule has 1 aromatic carbocycles. The summed E-state index contributed by atoms with van der Waals surface area (Å²) in [6.07, 6.45) is -0.0572. The summed E-state index contributed by atoms with van der Waals surface area (Å²) < 4.78 is 0. The highest BCUT2D eigenvalue weighted by Crippen LogP contribution is 2.31. The second-order valence-corrected chi connectivity index (χ2v) is 4.63. The van der Waals surface area contributed by atoms with Crippen molar-refractivity contribution in [1.29, 1.82) is 0 Å². The molecule has 0 aromatic heterocycles. The normalized spacial score (nSPS) is 22.9. The first-order valence-corrected chi connectivity index (χ1v) is 5.74. The van der Waals surface area contributed by atoms with Crippen molar-refractivity contribution >= 4 is 11.9 Å². The number of likely N-dealkylation sites (tertiary alicyclic amines) is 1. The first-order valence-electron chi connectivity index (χ1n) is 5.74. The largest absolute Gasteiger partial charge is 0.481 e. The third-order valence-corrected chi connectivity index (χ3v) is 3.32. The summed E-state index contributed by atoms with van der Waals surface area (Å²) in [6.45, 7) is 1.54. The van der Waals surface area contributed by atoms with E-state index in [-0.39, 0.29) is 18.9 Å². The van der Waals surface area contributed by atoms with E-state index in [2.05, 4.69) is 0 Å². The molecule has 1 saturated heterocycles. The first kappa shape index (κ1) is 12.6. The lowest BCUT2D eigenvalue weighted by molar-refractivity contribution is -0.152. The smallest absolute Gasteiger partial charge is 0.308 e. The van der Waals surface area contributed by atoms with Crippen LogP contribution in [-0.2, 0) is 15.3 Å². The van der Waals surface area contributed by atoms with Crippen LogP contribution in [0.2, 0.25) is 0 Å². The van der Waals surface area contributed by atoms with Crippen LogP contribution in [0, 0.1) is 5.92 Å². The van der Waals surface area contributed by atoms with E-state index in [9.17, 15) is 14.7 Å². The molecule has 0 radical (unpaired) electrons. The van der Waals surface area contributed by atoms with E-state index in [0.29, 0.717) is 5.56 Å². The lowest BCUT2D eigenvalue weighted by Gasteiger charge is -2.34. The topological polar surface area (TPSA) is 77.8 Å². The monoisotopic (exact) mass is 249 g/mol. The number of rotatable bonds is 3. The Hall–Kier alpha value is -1.88. The van der Waals surface area contributed by atoms with Gasteiger partial charge in [0.25, 0.3) is 0 Å². The van der Waals surface area contributed by atoms with Gasteiger partial charge < -0.3 is 15.1 Å². The number of hydrogen-bond donors (Lipinski definition) is 2. The molecular weight excluding hydrogens is 234 g/mol. The van der Waals surface area contributed by atoms with Gasteiger partial charge in [0.05, 0.1) is 5.92 Å². The predicted octanol–water partition coefficient (Wildman–Crippen LogP) is 0.785. The molecule has 0 bridgehead atoms. The van der Waals surface area contributed by atoms with Gasteiger partial charge in [0.1, 0.15) is 0 Å². The Morgan fingerprint density at radius 3 is 2.50 bits per heavy atom. The van der Waals surface area contributed by atoms with E-state index < -0.39 is 17.6 Å². The van der Waals surface area contributed by atoms with Gasteiger partial charge in [-0.2, -0.15) is 0 Å². The predicted molar refractivity (Wildman–Crippen MR) is 63.5 cm³/mol. The number of aliphatic carboxylic acids is 1. The number of benzene rings is 1. The molecule has 2 N–H and O–H groups in total. The second kappa shape index (κ2) is 4.42. The Bertz CT molecular complexity index is 469. The van der Waals surface area contributed by atoms with E-state index in [1.54, 1.807) is 24.3 Å². The summed E-state index contributed by atoms with van der Waals surface area (Å²) in [7, 11) is 0. The lowest BCUT2D eigenvalue weighted by Crippen LogP contribution is -2.45. The van der Waals surface area contributed by atoms with Crippen molar-refractivity contribution in [3.05, 3.63) is 35.9 Å². The molecule has 1 amide bonds. The fourth-order valence-electron chi connectivity index (χ4n) is 2.20. The molecule has 5 nitrogen and oxygen atoms in total. The van der Waals surface area contributed by atoms with Crippen molar-refractivity contribution in [3.8, 4) is 0 Å². The van der Waals surface area contributed by atoms with Crippen LogP contribution in [0.25, 0.3) is 0 Å². The molecule has 0 aliphatic carbocycles. The minimum atomic E-state index is -1.47. The zero-order valence-corrected chi connectivity index (χ0v) is 10.0. The number of carbonyl (C=O) groups excluding carboxylic acids is 1. The zero-order valence-electron chi connectivity index (χ0n) is 10.0. The second-order valence-electron chi connectivity index (χ2n) is 4.63. The summed E-state index contributed by atoms with van der Waals surface area (Å²) in [4.78, 5) is 23.9.